The number of thioether (sulfide) groups is 1. The number of nitrogens with zero attached hydrogens (tertiary/aromatic N) is 2. The lowest BCUT2D eigenvalue weighted by molar-refractivity contribution is 0.187. The molecule has 0 aromatic heterocycles. The molecule has 0 N–H and O–H groups in total. The van der Waals surface area contributed by atoms with E-state index in [2.05, 4.69) is 31.8 Å². The molecular weight excluding hydrogens is 388 g/mol. The van der Waals surface area contributed by atoms with Gasteiger partial charge in [0.05, 0.1) is 17.6 Å². The van der Waals surface area contributed by atoms with E-state index < -0.39 is 0 Å². The molecule has 1 aliphatic carbocycles. The maximum absolute atomic E-state index is 6.23. The number of halogens is 2. The van der Waals surface area contributed by atoms with E-state index in [9.17, 15) is 0 Å². The number of thiocarbonyl (C=S) groups is 1. The highest BCUT2D eigenvalue weighted by molar-refractivity contribution is 9.10. The van der Waals surface area contributed by atoms with Crippen molar-refractivity contribution in [1.82, 2.24) is 4.90 Å². The minimum atomic E-state index is 0.711. The molecule has 0 atom stereocenters. The lowest BCUT2D eigenvalue weighted by Gasteiger charge is -2.42. The minimum Gasteiger partial charge on any atom is -0.314 e. The van der Waals surface area contributed by atoms with Gasteiger partial charge in [0.1, 0.15) is 4.32 Å². The van der Waals surface area contributed by atoms with Crippen LogP contribution < -0.4 is 4.90 Å². The first-order valence-corrected chi connectivity index (χ1v) is 9.85. The monoisotopic (exact) mass is 404 g/mol. The van der Waals surface area contributed by atoms with Crippen LogP contribution in [0.3, 0.4) is 0 Å². The van der Waals surface area contributed by atoms with Gasteiger partial charge in [0.15, 0.2) is 0 Å². The first kappa shape index (κ1) is 16.1. The normalized spacial score (nSPS) is 21.8. The number of hydrogen-bond donors (Lipinski definition) is 0. The molecule has 2 nitrogen and oxygen atoms in total. The highest BCUT2D eigenvalue weighted by Gasteiger charge is 2.29. The van der Waals surface area contributed by atoms with Crippen molar-refractivity contribution in [3.63, 3.8) is 0 Å². The van der Waals surface area contributed by atoms with Crippen LogP contribution in [0.1, 0.15) is 32.1 Å². The van der Waals surface area contributed by atoms with Gasteiger partial charge >= 0.3 is 0 Å². The molecule has 1 heterocycles. The quantitative estimate of drug-likeness (QED) is 0.600. The third-order valence-electron chi connectivity index (χ3n) is 4.20. The second kappa shape index (κ2) is 7.18. The topological polar surface area (TPSA) is 6.48 Å². The molecule has 1 saturated carbocycles. The SMILES string of the molecule is S=C1SCN(C2CCCCC2)CN1c1ccc(Br)c(Cl)c1. The Kier molecular flexibility index (Phi) is 5.49. The molecule has 3 rings (SSSR count). The number of hydrogen-bond acceptors (Lipinski definition) is 3. The molecular formula is C15H18BrClN2S2. The van der Waals surface area contributed by atoms with Crippen molar-refractivity contribution >= 4 is 61.5 Å². The molecule has 0 spiro atoms. The second-order valence-electron chi connectivity index (χ2n) is 5.59. The van der Waals surface area contributed by atoms with Crippen molar-refractivity contribution in [3.05, 3.63) is 27.7 Å². The summed E-state index contributed by atoms with van der Waals surface area (Å²) in [6.45, 7) is 0.883. The predicted octanol–water partition coefficient (Wildman–Crippen LogP) is 5.49. The zero-order valence-corrected chi connectivity index (χ0v) is 15.7. The summed E-state index contributed by atoms with van der Waals surface area (Å²) in [5.74, 6) is 1.02. The van der Waals surface area contributed by atoms with E-state index in [0.29, 0.717) is 6.04 Å². The van der Waals surface area contributed by atoms with Crippen LogP contribution in [0.4, 0.5) is 5.69 Å². The van der Waals surface area contributed by atoms with Crippen molar-refractivity contribution in [2.24, 2.45) is 0 Å². The summed E-state index contributed by atoms with van der Waals surface area (Å²) < 4.78 is 1.87. The van der Waals surface area contributed by atoms with Gasteiger partial charge in [-0.05, 0) is 47.0 Å². The largest absolute Gasteiger partial charge is 0.314 e. The second-order valence-corrected chi connectivity index (χ2v) is 8.43. The lowest BCUT2D eigenvalue weighted by atomic mass is 9.95. The molecule has 0 bridgehead atoms. The molecule has 114 valence electrons. The van der Waals surface area contributed by atoms with Crippen LogP contribution in [0.25, 0.3) is 0 Å². The van der Waals surface area contributed by atoms with Gasteiger partial charge < -0.3 is 4.90 Å². The van der Waals surface area contributed by atoms with Gasteiger partial charge in [-0.3, -0.25) is 4.90 Å². The van der Waals surface area contributed by atoms with E-state index in [-0.39, 0.29) is 0 Å². The third kappa shape index (κ3) is 3.75. The van der Waals surface area contributed by atoms with Gasteiger partial charge in [-0.1, -0.05) is 54.8 Å². The Labute approximate surface area is 149 Å². The van der Waals surface area contributed by atoms with E-state index in [4.69, 9.17) is 23.8 Å². The highest BCUT2D eigenvalue weighted by atomic mass is 79.9. The summed E-state index contributed by atoms with van der Waals surface area (Å²) in [5, 5.41) is 0.732. The van der Waals surface area contributed by atoms with Crippen LogP contribution in [0, 0.1) is 0 Å². The highest BCUT2D eigenvalue weighted by Crippen LogP contribution is 2.33. The standard InChI is InChI=1S/C15H18BrClN2S2/c16-13-7-6-12(8-14(13)17)19-9-18(10-21-15(19)20)11-4-2-1-3-5-11/h6-8,11H,1-5,9-10H2. The average Bonchev–Trinajstić information content (AvgIpc) is 2.51. The minimum absolute atomic E-state index is 0.711. The molecule has 0 amide bonds. The van der Waals surface area contributed by atoms with E-state index in [1.54, 1.807) is 11.8 Å². The fourth-order valence-electron chi connectivity index (χ4n) is 3.00. The van der Waals surface area contributed by atoms with Gasteiger partial charge in [0.25, 0.3) is 0 Å². The number of rotatable bonds is 2. The third-order valence-corrected chi connectivity index (χ3v) is 6.94. The van der Waals surface area contributed by atoms with Crippen molar-refractivity contribution in [3.8, 4) is 0 Å². The molecule has 1 aromatic rings. The van der Waals surface area contributed by atoms with Gasteiger partial charge in [-0.15, -0.1) is 0 Å². The summed E-state index contributed by atoms with van der Waals surface area (Å²) in [5.41, 5.74) is 1.08. The summed E-state index contributed by atoms with van der Waals surface area (Å²) >= 11 is 17.0. The summed E-state index contributed by atoms with van der Waals surface area (Å²) in [7, 11) is 0. The Morgan fingerprint density at radius 2 is 2.00 bits per heavy atom. The Morgan fingerprint density at radius 1 is 1.24 bits per heavy atom. The van der Waals surface area contributed by atoms with E-state index in [1.807, 2.05) is 12.1 Å². The predicted molar refractivity (Wildman–Crippen MR) is 100 cm³/mol. The average molecular weight is 406 g/mol. The number of benzene rings is 1. The maximum Gasteiger partial charge on any atom is 0.143 e. The fraction of sp³-hybridized carbons (Fsp3) is 0.533. The van der Waals surface area contributed by atoms with Gasteiger partial charge in [-0.25, -0.2) is 0 Å². The van der Waals surface area contributed by atoms with E-state index >= 15 is 0 Å². The smallest absolute Gasteiger partial charge is 0.143 e. The Balaban J connectivity index is 1.76. The van der Waals surface area contributed by atoms with Gasteiger partial charge in [0, 0.05) is 16.2 Å². The molecule has 2 aliphatic rings. The van der Waals surface area contributed by atoms with Crippen LogP contribution in [0.2, 0.25) is 5.02 Å². The van der Waals surface area contributed by atoms with Crippen molar-refractivity contribution in [2.45, 2.75) is 38.1 Å². The molecule has 21 heavy (non-hydrogen) atoms. The van der Waals surface area contributed by atoms with E-state index in [1.165, 1.54) is 32.1 Å². The van der Waals surface area contributed by atoms with Gasteiger partial charge in [-0.2, -0.15) is 0 Å². The van der Waals surface area contributed by atoms with Crippen LogP contribution in [-0.2, 0) is 0 Å². The zero-order chi connectivity index (χ0) is 14.8. The van der Waals surface area contributed by atoms with Gasteiger partial charge in [0.2, 0.25) is 0 Å². The van der Waals surface area contributed by atoms with Crippen molar-refractivity contribution < 1.29 is 0 Å². The van der Waals surface area contributed by atoms with E-state index in [0.717, 1.165) is 32.0 Å². The lowest BCUT2D eigenvalue weighted by Crippen LogP contribution is -2.49. The Morgan fingerprint density at radius 3 is 2.71 bits per heavy atom. The first-order valence-electron chi connectivity index (χ1n) is 7.28. The van der Waals surface area contributed by atoms with Crippen molar-refractivity contribution in [1.29, 1.82) is 0 Å². The maximum atomic E-state index is 6.23. The van der Waals surface area contributed by atoms with Crippen molar-refractivity contribution in [2.75, 3.05) is 17.4 Å². The Bertz CT molecular complexity index is 534. The first-order chi connectivity index (χ1) is 10.1. The van der Waals surface area contributed by atoms with Crippen LogP contribution >= 0.6 is 51.5 Å². The fourth-order valence-corrected chi connectivity index (χ4v) is 4.63. The summed E-state index contributed by atoms with van der Waals surface area (Å²) in [4.78, 5) is 4.77. The molecule has 2 fully saturated rings. The summed E-state index contributed by atoms with van der Waals surface area (Å²) in [6, 6.07) is 6.77. The molecule has 0 radical (unpaired) electrons. The zero-order valence-electron chi connectivity index (χ0n) is 11.7. The van der Waals surface area contributed by atoms with Crippen LogP contribution in [-0.4, -0.2) is 27.8 Å². The summed E-state index contributed by atoms with van der Waals surface area (Å²) in [6.07, 6.45) is 6.76. The number of anilines is 1. The van der Waals surface area contributed by atoms with Crippen LogP contribution in [0.15, 0.2) is 22.7 Å². The molecule has 1 aliphatic heterocycles. The molecule has 0 unspecified atom stereocenters. The van der Waals surface area contributed by atoms with Crippen LogP contribution in [0.5, 0.6) is 0 Å². The molecule has 1 aromatic carbocycles. The molecule has 1 saturated heterocycles. The molecule has 6 heteroatoms. The Hall–Kier alpha value is 0.190.